The smallest absolute Gasteiger partial charge is 0.339 e. The van der Waals surface area contributed by atoms with Gasteiger partial charge in [-0.05, 0) is 39.8 Å². The first-order chi connectivity index (χ1) is 9.10. The highest BCUT2D eigenvalue weighted by Crippen LogP contribution is 2.30. The third-order valence-corrected chi connectivity index (χ3v) is 3.44. The van der Waals surface area contributed by atoms with E-state index in [0.717, 1.165) is 37.6 Å². The summed E-state index contributed by atoms with van der Waals surface area (Å²) in [6.45, 7) is 11.4. The van der Waals surface area contributed by atoms with E-state index < -0.39 is 5.97 Å². The van der Waals surface area contributed by atoms with Gasteiger partial charge in [-0.1, -0.05) is 6.07 Å². The first-order valence-electron chi connectivity index (χ1n) is 6.96. The van der Waals surface area contributed by atoms with Gasteiger partial charge in [-0.15, -0.1) is 0 Å². The van der Waals surface area contributed by atoms with Crippen molar-refractivity contribution in [3.05, 3.63) is 23.8 Å². The van der Waals surface area contributed by atoms with Gasteiger partial charge >= 0.3 is 5.97 Å². The van der Waals surface area contributed by atoms with E-state index in [0.29, 0.717) is 5.56 Å². The lowest BCUT2D eigenvalue weighted by atomic mass is 10.1. The third kappa shape index (κ3) is 3.19. The summed E-state index contributed by atoms with van der Waals surface area (Å²) in [6, 6.07) is 5.72. The average molecular weight is 264 g/mol. The van der Waals surface area contributed by atoms with E-state index in [2.05, 4.69) is 9.80 Å². The number of benzene rings is 1. The first kappa shape index (κ1) is 15.3. The van der Waals surface area contributed by atoms with Crippen LogP contribution in [0, 0.1) is 0 Å². The van der Waals surface area contributed by atoms with Gasteiger partial charge in [0.2, 0.25) is 0 Å². The van der Waals surface area contributed by atoms with Gasteiger partial charge in [-0.2, -0.15) is 0 Å². The van der Waals surface area contributed by atoms with Gasteiger partial charge in [0.15, 0.2) is 0 Å². The van der Waals surface area contributed by atoms with Crippen molar-refractivity contribution < 1.29 is 9.90 Å². The topological polar surface area (TPSA) is 43.8 Å². The second-order valence-electron chi connectivity index (χ2n) is 4.32. The Balaban J connectivity index is 3.41. The van der Waals surface area contributed by atoms with E-state index in [9.17, 15) is 9.90 Å². The lowest BCUT2D eigenvalue weighted by molar-refractivity contribution is 0.0698. The maximum Gasteiger partial charge on any atom is 0.339 e. The average Bonchev–Trinajstić information content (AvgIpc) is 2.41. The molecule has 1 rings (SSSR count). The van der Waals surface area contributed by atoms with E-state index in [1.807, 2.05) is 45.9 Å². The van der Waals surface area contributed by atoms with Crippen LogP contribution in [0.2, 0.25) is 0 Å². The Morgan fingerprint density at radius 1 is 0.947 bits per heavy atom. The van der Waals surface area contributed by atoms with Crippen molar-refractivity contribution in [2.75, 3.05) is 36.0 Å². The Kier molecular flexibility index (Phi) is 5.67. The number of aromatic carboxylic acids is 1. The zero-order chi connectivity index (χ0) is 14.4. The van der Waals surface area contributed by atoms with Crippen molar-refractivity contribution in [2.45, 2.75) is 27.7 Å². The molecule has 1 N–H and O–H groups in total. The second kappa shape index (κ2) is 7.02. The summed E-state index contributed by atoms with van der Waals surface area (Å²) in [5.74, 6) is -0.857. The summed E-state index contributed by atoms with van der Waals surface area (Å²) in [4.78, 5) is 15.8. The van der Waals surface area contributed by atoms with Gasteiger partial charge in [0, 0.05) is 26.2 Å². The van der Waals surface area contributed by atoms with Gasteiger partial charge in [0.05, 0.1) is 11.4 Å². The fourth-order valence-electron chi connectivity index (χ4n) is 2.40. The van der Waals surface area contributed by atoms with Crippen LogP contribution < -0.4 is 9.80 Å². The molecule has 0 spiro atoms. The molecule has 0 saturated heterocycles. The quantitative estimate of drug-likeness (QED) is 0.822. The van der Waals surface area contributed by atoms with E-state index in [-0.39, 0.29) is 0 Å². The van der Waals surface area contributed by atoms with Gasteiger partial charge < -0.3 is 14.9 Å². The standard InChI is InChI=1S/C15H24N2O2/c1-5-16(6-2)12-10-9-11-13(14(12)15(18)19)17(7-3)8-4/h9-11H,5-8H2,1-4H3,(H,18,19). The second-order valence-corrected chi connectivity index (χ2v) is 4.32. The number of carboxylic acid groups (broad SMARTS) is 1. The van der Waals surface area contributed by atoms with Crippen LogP contribution in [0.5, 0.6) is 0 Å². The van der Waals surface area contributed by atoms with Crippen molar-refractivity contribution in [2.24, 2.45) is 0 Å². The van der Waals surface area contributed by atoms with Crippen LogP contribution in [0.25, 0.3) is 0 Å². The largest absolute Gasteiger partial charge is 0.478 e. The van der Waals surface area contributed by atoms with Gasteiger partial charge in [0.25, 0.3) is 0 Å². The number of carbonyl (C=O) groups is 1. The lowest BCUT2D eigenvalue weighted by Crippen LogP contribution is -2.28. The van der Waals surface area contributed by atoms with Crippen LogP contribution in [-0.2, 0) is 0 Å². The number of hydrogen-bond acceptors (Lipinski definition) is 3. The minimum Gasteiger partial charge on any atom is -0.478 e. The lowest BCUT2D eigenvalue weighted by Gasteiger charge is -2.28. The van der Waals surface area contributed by atoms with Gasteiger partial charge in [0.1, 0.15) is 5.56 Å². The van der Waals surface area contributed by atoms with Crippen LogP contribution in [0.15, 0.2) is 18.2 Å². The maximum atomic E-state index is 11.7. The van der Waals surface area contributed by atoms with Crippen LogP contribution in [-0.4, -0.2) is 37.3 Å². The molecule has 0 atom stereocenters. The fourth-order valence-corrected chi connectivity index (χ4v) is 2.40. The normalized spacial score (nSPS) is 10.3. The molecule has 0 amide bonds. The van der Waals surface area contributed by atoms with E-state index in [1.54, 1.807) is 0 Å². The van der Waals surface area contributed by atoms with E-state index in [1.165, 1.54) is 0 Å². The molecule has 0 aromatic heterocycles. The van der Waals surface area contributed by atoms with Crippen molar-refractivity contribution in [3.63, 3.8) is 0 Å². The zero-order valence-electron chi connectivity index (χ0n) is 12.3. The summed E-state index contributed by atoms with van der Waals surface area (Å²) < 4.78 is 0. The Morgan fingerprint density at radius 2 is 1.32 bits per heavy atom. The molecule has 1 aromatic carbocycles. The molecular weight excluding hydrogens is 240 g/mol. The van der Waals surface area contributed by atoms with E-state index >= 15 is 0 Å². The molecule has 0 aliphatic heterocycles. The summed E-state index contributed by atoms with van der Waals surface area (Å²) in [6.07, 6.45) is 0. The van der Waals surface area contributed by atoms with Gasteiger partial charge in [-0.25, -0.2) is 4.79 Å². The highest BCUT2D eigenvalue weighted by atomic mass is 16.4. The van der Waals surface area contributed by atoms with Crippen LogP contribution in [0.1, 0.15) is 38.1 Å². The molecule has 106 valence electrons. The first-order valence-corrected chi connectivity index (χ1v) is 6.96. The summed E-state index contributed by atoms with van der Waals surface area (Å²) in [7, 11) is 0. The third-order valence-electron chi connectivity index (χ3n) is 3.44. The van der Waals surface area contributed by atoms with Gasteiger partial charge in [-0.3, -0.25) is 0 Å². The minimum absolute atomic E-state index is 0.412. The predicted molar refractivity (Wildman–Crippen MR) is 80.5 cm³/mol. The Labute approximate surface area is 115 Å². The monoisotopic (exact) mass is 264 g/mol. The van der Waals surface area contributed by atoms with Crippen LogP contribution in [0.4, 0.5) is 11.4 Å². The fraction of sp³-hybridized carbons (Fsp3) is 0.533. The molecule has 0 aliphatic carbocycles. The molecule has 0 bridgehead atoms. The van der Waals surface area contributed by atoms with Crippen LogP contribution >= 0.6 is 0 Å². The SMILES string of the molecule is CCN(CC)c1cccc(N(CC)CC)c1C(=O)O. The van der Waals surface area contributed by atoms with Crippen LogP contribution in [0.3, 0.4) is 0 Å². The number of carboxylic acids is 1. The summed E-state index contributed by atoms with van der Waals surface area (Å²) >= 11 is 0. The molecule has 19 heavy (non-hydrogen) atoms. The number of anilines is 2. The van der Waals surface area contributed by atoms with Crippen molar-refractivity contribution >= 4 is 17.3 Å². The molecule has 0 unspecified atom stereocenters. The molecular formula is C15H24N2O2. The molecule has 4 heteroatoms. The Morgan fingerprint density at radius 3 is 1.58 bits per heavy atom. The minimum atomic E-state index is -0.857. The summed E-state index contributed by atoms with van der Waals surface area (Å²) in [5.41, 5.74) is 2.03. The maximum absolute atomic E-state index is 11.7. The number of rotatable bonds is 7. The van der Waals surface area contributed by atoms with Crippen molar-refractivity contribution in [1.29, 1.82) is 0 Å². The highest BCUT2D eigenvalue weighted by Gasteiger charge is 2.20. The molecule has 0 fully saturated rings. The van der Waals surface area contributed by atoms with Crippen molar-refractivity contribution in [1.82, 2.24) is 0 Å². The Hall–Kier alpha value is -1.71. The molecule has 1 aromatic rings. The summed E-state index contributed by atoms with van der Waals surface area (Å²) in [5, 5.41) is 9.57. The molecule has 0 aliphatic rings. The predicted octanol–water partition coefficient (Wildman–Crippen LogP) is 3.08. The molecule has 4 nitrogen and oxygen atoms in total. The zero-order valence-corrected chi connectivity index (χ0v) is 12.3. The number of hydrogen-bond donors (Lipinski definition) is 1. The highest BCUT2D eigenvalue weighted by molar-refractivity contribution is 6.01. The Bertz CT molecular complexity index is 394. The molecule has 0 saturated carbocycles. The number of nitrogens with zero attached hydrogens (tertiary/aromatic N) is 2. The molecule has 0 heterocycles. The van der Waals surface area contributed by atoms with Crippen molar-refractivity contribution in [3.8, 4) is 0 Å². The molecule has 0 radical (unpaired) electrons. The van der Waals surface area contributed by atoms with E-state index in [4.69, 9.17) is 0 Å².